The van der Waals surface area contributed by atoms with Crippen molar-refractivity contribution in [1.29, 1.82) is 0 Å². The average molecular weight is 322 g/mol. The summed E-state index contributed by atoms with van der Waals surface area (Å²) in [5.41, 5.74) is 0.984. The number of carboxylic acid groups (broad SMARTS) is 1. The quantitative estimate of drug-likeness (QED) is 0.665. The molecule has 0 saturated carbocycles. The fraction of sp³-hybridized carbons (Fsp3) is 0.462. The van der Waals surface area contributed by atoms with E-state index in [4.69, 9.17) is 5.11 Å². The summed E-state index contributed by atoms with van der Waals surface area (Å²) in [7, 11) is 0. The van der Waals surface area contributed by atoms with Crippen LogP contribution in [0.5, 0.6) is 0 Å². The number of hydrogen-bond acceptors (Lipinski definition) is 2. The van der Waals surface area contributed by atoms with Gasteiger partial charge in [-0.2, -0.15) is 0 Å². The van der Waals surface area contributed by atoms with Crippen LogP contribution in [0.25, 0.3) is 5.32 Å². The first-order valence-corrected chi connectivity index (χ1v) is 5.76. The average Bonchev–Trinajstić information content (AvgIpc) is 2.34. The minimum atomic E-state index is -1.43. The van der Waals surface area contributed by atoms with E-state index >= 15 is 0 Å². The van der Waals surface area contributed by atoms with E-state index < -0.39 is 18.1 Å². The van der Waals surface area contributed by atoms with Crippen molar-refractivity contribution < 1.29 is 73.2 Å². The van der Waals surface area contributed by atoms with Crippen molar-refractivity contribution in [3.05, 3.63) is 41.2 Å². The maximum absolute atomic E-state index is 10.8. The van der Waals surface area contributed by atoms with E-state index in [-0.39, 0.29) is 58.2 Å². The Morgan fingerprint density at radius 1 is 1.33 bits per heavy atom. The normalized spacial score (nSPS) is 13.4. The van der Waals surface area contributed by atoms with Gasteiger partial charge < -0.3 is 15.5 Å². The molecule has 0 aromatic heterocycles. The second kappa shape index (κ2) is 10.2. The number of hydrogen-bond donors (Lipinski definition) is 2. The molecule has 0 aliphatic rings. The van der Waals surface area contributed by atoms with Crippen LogP contribution < -0.4 is 58.2 Å². The molecule has 1 aromatic rings. The Morgan fingerprint density at radius 3 is 2.44 bits per heavy atom. The summed E-state index contributed by atoms with van der Waals surface area (Å²) in [5.74, 6) is -1.22. The fourth-order valence-electron chi connectivity index (χ4n) is 1.59. The predicted molar refractivity (Wildman–Crippen MR) is 66.1 cm³/mol. The summed E-state index contributed by atoms with van der Waals surface area (Å²) in [6.45, 7) is 2.54. The summed E-state index contributed by atoms with van der Waals surface area (Å²) in [6, 6.07) is 8.91. The zero-order valence-electron chi connectivity index (χ0n) is 10.9. The molecule has 0 amide bonds. The van der Waals surface area contributed by atoms with Crippen LogP contribution in [-0.2, 0) is 11.2 Å². The molecule has 0 bridgehead atoms. The van der Waals surface area contributed by atoms with Crippen LogP contribution in [0.1, 0.15) is 18.9 Å². The van der Waals surface area contributed by atoms with Crippen molar-refractivity contribution in [3.8, 4) is 0 Å². The van der Waals surface area contributed by atoms with E-state index in [2.05, 4.69) is 5.32 Å². The molecule has 0 spiro atoms. The fourth-order valence-corrected chi connectivity index (χ4v) is 1.59. The zero-order valence-corrected chi connectivity index (χ0v) is 15.8. The molecule has 2 unspecified atom stereocenters. The van der Waals surface area contributed by atoms with Crippen molar-refractivity contribution in [2.75, 3.05) is 6.54 Å². The van der Waals surface area contributed by atoms with E-state index in [0.29, 0.717) is 13.0 Å². The van der Waals surface area contributed by atoms with E-state index in [0.717, 1.165) is 12.0 Å². The van der Waals surface area contributed by atoms with Gasteiger partial charge in [-0.05, 0) is 12.0 Å². The minimum absolute atomic E-state index is 0. The van der Waals surface area contributed by atoms with Crippen LogP contribution in [-0.4, -0.2) is 34.9 Å². The third-order valence-corrected chi connectivity index (χ3v) is 2.49. The summed E-state index contributed by atoms with van der Waals surface area (Å²) in [6.07, 6.45) is -0.131. The Labute approximate surface area is 157 Å². The van der Waals surface area contributed by atoms with Gasteiger partial charge in [-0.3, -0.25) is 0 Å². The Bertz CT molecular complexity index is 345. The van der Waals surface area contributed by atoms with Crippen LogP contribution in [0, 0.1) is 0 Å². The maximum atomic E-state index is 10.8. The molecule has 2 N–H and O–H groups in total. The number of aliphatic hydroxyl groups excluding tert-OH is 1. The second-order valence-electron chi connectivity index (χ2n) is 3.95. The summed E-state index contributed by atoms with van der Waals surface area (Å²) < 4.78 is 0. The van der Waals surface area contributed by atoms with Gasteiger partial charge >= 0.3 is 64.2 Å². The number of aliphatic hydroxyl groups is 1. The van der Waals surface area contributed by atoms with Gasteiger partial charge in [0.1, 0.15) is 6.10 Å². The van der Waals surface area contributed by atoms with Crippen LogP contribution >= 0.6 is 0 Å². The van der Waals surface area contributed by atoms with Crippen LogP contribution in [0.3, 0.4) is 0 Å². The molecule has 4 nitrogen and oxygen atoms in total. The van der Waals surface area contributed by atoms with Crippen LogP contribution in [0.2, 0.25) is 0 Å². The molecule has 1 rings (SSSR count). The maximum Gasteiger partial charge on any atom is 1.00 e. The molecule has 94 valence electrons. The SMILES string of the molecule is CCC[N-]C(Cc1ccccc1)C(O)C(=O)O.[Rb+]. The minimum Gasteiger partial charge on any atom is -0.657 e. The summed E-state index contributed by atoms with van der Waals surface area (Å²) >= 11 is 0. The molecule has 0 saturated heterocycles. The third kappa shape index (κ3) is 6.54. The Balaban J connectivity index is 0.00000289. The second-order valence-corrected chi connectivity index (χ2v) is 3.95. The van der Waals surface area contributed by atoms with Gasteiger partial charge in [0.15, 0.2) is 0 Å². The van der Waals surface area contributed by atoms with Crippen LogP contribution in [0.4, 0.5) is 0 Å². The van der Waals surface area contributed by atoms with Gasteiger partial charge in [-0.15, -0.1) is 6.54 Å². The molecule has 0 aliphatic carbocycles. The first kappa shape index (κ1) is 18.4. The molecule has 1 aromatic carbocycles. The van der Waals surface area contributed by atoms with Gasteiger partial charge in [0.25, 0.3) is 0 Å². The Kier molecular flexibility index (Phi) is 10.5. The molecule has 0 aliphatic heterocycles. The number of benzene rings is 1. The summed E-state index contributed by atoms with van der Waals surface area (Å²) in [5, 5.41) is 22.6. The van der Waals surface area contributed by atoms with Crippen molar-refractivity contribution in [1.82, 2.24) is 0 Å². The molecular formula is C13H18NO3Rb. The molecule has 0 radical (unpaired) electrons. The predicted octanol–water partition coefficient (Wildman–Crippen LogP) is -1.17. The van der Waals surface area contributed by atoms with Crippen LogP contribution in [0.15, 0.2) is 30.3 Å². The van der Waals surface area contributed by atoms with Gasteiger partial charge in [-0.25, -0.2) is 4.79 Å². The van der Waals surface area contributed by atoms with E-state index in [1.165, 1.54) is 0 Å². The van der Waals surface area contributed by atoms with Gasteiger partial charge in [0.05, 0.1) is 0 Å². The van der Waals surface area contributed by atoms with E-state index in [1.54, 1.807) is 0 Å². The van der Waals surface area contributed by atoms with Crippen molar-refractivity contribution in [3.63, 3.8) is 0 Å². The number of rotatable bonds is 7. The van der Waals surface area contributed by atoms with E-state index in [9.17, 15) is 9.90 Å². The number of nitrogens with zero attached hydrogens (tertiary/aromatic N) is 1. The van der Waals surface area contributed by atoms with Crippen molar-refractivity contribution >= 4 is 5.97 Å². The standard InChI is InChI=1S/C13H18NO3.Rb/c1-2-8-14-11(12(15)13(16)17)9-10-6-4-3-5-7-10;/h3-7,11-12,15H,2,8-9H2,1H3,(H,16,17);/q-1;+1. The number of carboxylic acids is 1. The van der Waals surface area contributed by atoms with Crippen molar-refractivity contribution in [2.45, 2.75) is 31.9 Å². The van der Waals surface area contributed by atoms with Crippen molar-refractivity contribution in [2.24, 2.45) is 0 Å². The molecule has 5 heteroatoms. The molecular weight excluding hydrogens is 304 g/mol. The zero-order chi connectivity index (χ0) is 12.7. The number of aliphatic carboxylic acids is 1. The van der Waals surface area contributed by atoms with E-state index in [1.807, 2.05) is 37.3 Å². The van der Waals surface area contributed by atoms with Gasteiger partial charge in [0, 0.05) is 0 Å². The Morgan fingerprint density at radius 2 is 1.94 bits per heavy atom. The molecule has 2 atom stereocenters. The Hall–Kier alpha value is 0.415. The van der Waals surface area contributed by atoms with Gasteiger partial charge in [-0.1, -0.05) is 49.7 Å². The first-order valence-electron chi connectivity index (χ1n) is 5.76. The molecule has 18 heavy (non-hydrogen) atoms. The third-order valence-electron chi connectivity index (χ3n) is 2.49. The van der Waals surface area contributed by atoms with Gasteiger partial charge in [0.2, 0.25) is 0 Å². The largest absolute Gasteiger partial charge is 1.00 e. The smallest absolute Gasteiger partial charge is 0.657 e. The first-order chi connectivity index (χ1) is 8.15. The number of carbonyl (C=O) groups is 1. The summed E-state index contributed by atoms with van der Waals surface area (Å²) in [4.78, 5) is 10.8. The topological polar surface area (TPSA) is 71.6 Å². The monoisotopic (exact) mass is 321 g/mol. The molecule has 0 heterocycles. The molecule has 0 fully saturated rings.